The van der Waals surface area contributed by atoms with Crippen molar-refractivity contribution in [2.24, 2.45) is 0 Å². The largest absolute Gasteiger partial charge is 0.480 e. The highest BCUT2D eigenvalue weighted by molar-refractivity contribution is 7.10. The van der Waals surface area contributed by atoms with E-state index in [0.717, 1.165) is 10.4 Å². The number of para-hydroxylation sites is 1. The lowest BCUT2D eigenvalue weighted by Gasteiger charge is -2.28. The van der Waals surface area contributed by atoms with Crippen LogP contribution in [0.25, 0.3) is 6.08 Å². The van der Waals surface area contributed by atoms with Crippen LogP contribution >= 0.6 is 11.3 Å². The van der Waals surface area contributed by atoms with Gasteiger partial charge in [-0.15, -0.1) is 11.3 Å². The van der Waals surface area contributed by atoms with Crippen LogP contribution in [0.1, 0.15) is 26.9 Å². The molecule has 3 heteroatoms. The number of rotatable bonds is 2. The first kappa shape index (κ1) is 14.0. The van der Waals surface area contributed by atoms with Gasteiger partial charge < -0.3 is 4.74 Å². The molecule has 2 nitrogen and oxygen atoms in total. The highest BCUT2D eigenvalue weighted by Gasteiger charge is 2.32. The van der Waals surface area contributed by atoms with E-state index < -0.39 is 0 Å². The van der Waals surface area contributed by atoms with E-state index in [-0.39, 0.29) is 11.9 Å². The molecule has 1 aliphatic heterocycles. The van der Waals surface area contributed by atoms with Gasteiger partial charge in [0, 0.05) is 10.5 Å². The first-order valence-electron chi connectivity index (χ1n) is 7.43. The molecule has 0 unspecified atom stereocenters. The molecule has 0 aliphatic carbocycles. The molecule has 0 saturated carbocycles. The van der Waals surface area contributed by atoms with E-state index in [4.69, 9.17) is 4.74 Å². The predicted octanol–water partition coefficient (Wildman–Crippen LogP) is 5.15. The molecule has 23 heavy (non-hydrogen) atoms. The number of hydrogen-bond donors (Lipinski definition) is 0. The molecule has 0 radical (unpaired) electrons. The Morgan fingerprint density at radius 2 is 1.70 bits per heavy atom. The molecule has 112 valence electrons. The Bertz CT molecular complexity index is 864. The van der Waals surface area contributed by atoms with Gasteiger partial charge >= 0.3 is 0 Å². The monoisotopic (exact) mass is 318 g/mol. The van der Waals surface area contributed by atoms with Gasteiger partial charge in [0.15, 0.2) is 11.9 Å². The Kier molecular flexibility index (Phi) is 3.56. The molecule has 0 fully saturated rings. The van der Waals surface area contributed by atoms with Crippen LogP contribution in [0.15, 0.2) is 77.7 Å². The van der Waals surface area contributed by atoms with E-state index in [1.165, 1.54) is 0 Å². The fraction of sp³-hybridized carbons (Fsp3) is 0.0500. The summed E-state index contributed by atoms with van der Waals surface area (Å²) >= 11 is 1.61. The Balaban J connectivity index is 1.87. The normalized spacial score (nSPS) is 18.5. The highest BCUT2D eigenvalue weighted by atomic mass is 32.1. The van der Waals surface area contributed by atoms with Crippen LogP contribution in [0.4, 0.5) is 0 Å². The number of benzene rings is 2. The minimum absolute atomic E-state index is 0.0362. The summed E-state index contributed by atoms with van der Waals surface area (Å²) < 4.78 is 6.17. The topological polar surface area (TPSA) is 26.3 Å². The van der Waals surface area contributed by atoms with Crippen LogP contribution < -0.4 is 4.74 Å². The van der Waals surface area contributed by atoms with Crippen molar-refractivity contribution in [3.8, 4) is 5.75 Å². The van der Waals surface area contributed by atoms with Crippen LogP contribution in [0.5, 0.6) is 5.75 Å². The van der Waals surface area contributed by atoms with Crippen LogP contribution in [-0.2, 0) is 0 Å². The van der Waals surface area contributed by atoms with Crippen molar-refractivity contribution in [3.63, 3.8) is 0 Å². The number of fused-ring (bicyclic) bond motifs is 1. The maximum Gasteiger partial charge on any atom is 0.196 e. The van der Waals surface area contributed by atoms with Crippen LogP contribution in [-0.4, -0.2) is 5.78 Å². The standard InChI is InChI=1S/C20H14O2S/c21-19-16-10-4-5-11-18(16)22-20(14-7-2-1-3-8-14)17(19)13-15-9-6-12-23-15/h1-13,20H/b17-13-/t20-/m1/s1. The fourth-order valence-corrected chi connectivity index (χ4v) is 3.43. The van der Waals surface area contributed by atoms with E-state index in [1.54, 1.807) is 11.3 Å². The highest BCUT2D eigenvalue weighted by Crippen LogP contribution is 2.39. The molecule has 1 aliphatic rings. The van der Waals surface area contributed by atoms with Crippen molar-refractivity contribution in [2.45, 2.75) is 6.10 Å². The molecule has 1 atom stereocenters. The summed E-state index contributed by atoms with van der Waals surface area (Å²) in [5.41, 5.74) is 2.29. The molecular weight excluding hydrogens is 304 g/mol. The lowest BCUT2D eigenvalue weighted by molar-refractivity contribution is 0.0963. The van der Waals surface area contributed by atoms with Crippen LogP contribution in [0.2, 0.25) is 0 Å². The number of ether oxygens (including phenoxy) is 1. The summed E-state index contributed by atoms with van der Waals surface area (Å²) in [5.74, 6) is 0.684. The van der Waals surface area contributed by atoms with Gasteiger partial charge in [-0.3, -0.25) is 4.79 Å². The second-order valence-electron chi connectivity index (χ2n) is 5.35. The number of ketones is 1. The number of Topliss-reactive ketones (excluding diaryl/α,β-unsaturated/α-hetero) is 1. The van der Waals surface area contributed by atoms with Gasteiger partial charge in [0.2, 0.25) is 0 Å². The van der Waals surface area contributed by atoms with E-state index in [1.807, 2.05) is 78.2 Å². The molecular formula is C20H14O2S. The first-order valence-corrected chi connectivity index (χ1v) is 8.31. The third-order valence-corrected chi connectivity index (χ3v) is 4.68. The summed E-state index contributed by atoms with van der Waals surface area (Å²) in [6.45, 7) is 0. The number of carbonyl (C=O) groups excluding carboxylic acids is 1. The zero-order valence-electron chi connectivity index (χ0n) is 12.3. The van der Waals surface area contributed by atoms with Gasteiger partial charge in [-0.2, -0.15) is 0 Å². The van der Waals surface area contributed by atoms with Crippen molar-refractivity contribution < 1.29 is 9.53 Å². The summed E-state index contributed by atoms with van der Waals surface area (Å²) in [6.07, 6.45) is 1.57. The number of carbonyl (C=O) groups is 1. The smallest absolute Gasteiger partial charge is 0.196 e. The number of thiophene rings is 1. The first-order chi connectivity index (χ1) is 11.3. The summed E-state index contributed by atoms with van der Waals surface area (Å²) in [5, 5.41) is 2.01. The predicted molar refractivity (Wildman–Crippen MR) is 92.9 cm³/mol. The molecule has 2 aromatic carbocycles. The minimum Gasteiger partial charge on any atom is -0.480 e. The molecule has 0 saturated heterocycles. The van der Waals surface area contributed by atoms with Crippen LogP contribution in [0, 0.1) is 0 Å². The molecule has 4 rings (SSSR count). The molecule has 3 aromatic rings. The fourth-order valence-electron chi connectivity index (χ4n) is 2.77. The minimum atomic E-state index is -0.374. The maximum atomic E-state index is 13.0. The average molecular weight is 318 g/mol. The quantitative estimate of drug-likeness (QED) is 0.611. The van der Waals surface area contributed by atoms with Gasteiger partial charge in [-0.05, 0) is 35.2 Å². The lowest BCUT2D eigenvalue weighted by Crippen LogP contribution is -2.23. The van der Waals surface area contributed by atoms with E-state index in [0.29, 0.717) is 16.9 Å². The van der Waals surface area contributed by atoms with E-state index >= 15 is 0 Å². The maximum absolute atomic E-state index is 13.0. The van der Waals surface area contributed by atoms with Gasteiger partial charge in [0.1, 0.15) is 5.75 Å². The SMILES string of the molecule is O=C1/C(=C/c2cccs2)[C@@H](c2ccccc2)Oc2ccccc21. The second-order valence-corrected chi connectivity index (χ2v) is 6.33. The summed E-state index contributed by atoms with van der Waals surface area (Å²) in [6, 6.07) is 21.3. The summed E-state index contributed by atoms with van der Waals surface area (Å²) in [7, 11) is 0. The lowest BCUT2D eigenvalue weighted by atomic mass is 9.90. The van der Waals surface area contributed by atoms with Gasteiger partial charge in [0.25, 0.3) is 0 Å². The Morgan fingerprint density at radius 1 is 0.913 bits per heavy atom. The van der Waals surface area contributed by atoms with Crippen molar-refractivity contribution >= 4 is 23.2 Å². The zero-order chi connectivity index (χ0) is 15.6. The molecule has 0 spiro atoms. The summed E-state index contributed by atoms with van der Waals surface area (Å²) in [4.78, 5) is 14.0. The third-order valence-electron chi connectivity index (χ3n) is 3.86. The van der Waals surface area contributed by atoms with Crippen molar-refractivity contribution in [1.29, 1.82) is 0 Å². The van der Waals surface area contributed by atoms with Crippen molar-refractivity contribution in [1.82, 2.24) is 0 Å². The Morgan fingerprint density at radius 3 is 2.48 bits per heavy atom. The molecule has 2 heterocycles. The number of hydrogen-bond acceptors (Lipinski definition) is 3. The van der Waals surface area contributed by atoms with Crippen LogP contribution in [0.3, 0.4) is 0 Å². The second kappa shape index (κ2) is 5.86. The van der Waals surface area contributed by atoms with Crippen molar-refractivity contribution in [3.05, 3.63) is 93.7 Å². The Labute approximate surface area is 138 Å². The van der Waals surface area contributed by atoms with E-state index in [9.17, 15) is 4.79 Å². The van der Waals surface area contributed by atoms with Crippen molar-refractivity contribution in [2.75, 3.05) is 0 Å². The van der Waals surface area contributed by atoms with Gasteiger partial charge in [-0.1, -0.05) is 48.5 Å². The Hall–Kier alpha value is -2.65. The molecule has 0 bridgehead atoms. The average Bonchev–Trinajstić information content (AvgIpc) is 3.11. The van der Waals surface area contributed by atoms with Gasteiger partial charge in [0.05, 0.1) is 5.56 Å². The zero-order valence-corrected chi connectivity index (χ0v) is 13.1. The third kappa shape index (κ3) is 2.60. The van der Waals surface area contributed by atoms with Gasteiger partial charge in [-0.25, -0.2) is 0 Å². The molecule has 0 N–H and O–H groups in total. The molecule has 0 amide bonds. The van der Waals surface area contributed by atoms with E-state index in [2.05, 4.69) is 0 Å². The molecule has 1 aromatic heterocycles.